The fourth-order valence-corrected chi connectivity index (χ4v) is 3.02. The van der Waals surface area contributed by atoms with Gasteiger partial charge in [0, 0.05) is 28.8 Å². The average molecular weight is 390 g/mol. The van der Waals surface area contributed by atoms with Gasteiger partial charge in [0.1, 0.15) is 5.69 Å². The van der Waals surface area contributed by atoms with Gasteiger partial charge in [-0.1, -0.05) is 12.1 Å². The van der Waals surface area contributed by atoms with Crippen LogP contribution in [0.4, 0.5) is 0 Å². The van der Waals surface area contributed by atoms with Crippen LogP contribution in [0.25, 0.3) is 5.69 Å². The Hall–Kier alpha value is -3.74. The fourth-order valence-electron chi connectivity index (χ4n) is 3.02. The van der Waals surface area contributed by atoms with E-state index in [1.54, 1.807) is 49.7 Å². The van der Waals surface area contributed by atoms with E-state index in [1.165, 1.54) is 0 Å². The quantitative estimate of drug-likeness (QED) is 0.397. The first-order valence-electron chi connectivity index (χ1n) is 9.22. The molecule has 7 nitrogen and oxygen atoms in total. The lowest BCUT2D eigenvalue weighted by Gasteiger charge is -2.11. The summed E-state index contributed by atoms with van der Waals surface area (Å²) in [4.78, 5) is 28.0. The van der Waals surface area contributed by atoms with Crippen LogP contribution in [0.1, 0.15) is 44.7 Å². The van der Waals surface area contributed by atoms with Crippen molar-refractivity contribution >= 4 is 18.1 Å². The van der Waals surface area contributed by atoms with E-state index in [0.717, 1.165) is 22.6 Å². The second-order valence-electron chi connectivity index (χ2n) is 6.35. The van der Waals surface area contributed by atoms with Crippen LogP contribution in [0.15, 0.2) is 59.8 Å². The number of ether oxygens (including phenoxy) is 1. The van der Waals surface area contributed by atoms with E-state index in [4.69, 9.17) is 4.74 Å². The molecule has 148 valence electrons. The van der Waals surface area contributed by atoms with E-state index in [-0.39, 0.29) is 11.9 Å². The molecule has 0 fully saturated rings. The van der Waals surface area contributed by atoms with Crippen molar-refractivity contribution in [2.24, 2.45) is 5.10 Å². The SMILES string of the molecule is CCOC(=O)c1cccc(-n2c(C)cc(/C=N\NC(=O)c3ccccn3)c2C)c1. The number of amides is 1. The Balaban J connectivity index is 1.81. The summed E-state index contributed by atoms with van der Waals surface area (Å²) in [5, 5.41) is 4.04. The van der Waals surface area contributed by atoms with Gasteiger partial charge in [-0.15, -0.1) is 0 Å². The van der Waals surface area contributed by atoms with Gasteiger partial charge in [-0.25, -0.2) is 10.2 Å². The zero-order chi connectivity index (χ0) is 20.8. The van der Waals surface area contributed by atoms with Crippen molar-refractivity contribution in [3.05, 3.63) is 82.9 Å². The van der Waals surface area contributed by atoms with Crippen LogP contribution >= 0.6 is 0 Å². The van der Waals surface area contributed by atoms with Crippen molar-refractivity contribution in [1.82, 2.24) is 15.0 Å². The van der Waals surface area contributed by atoms with Gasteiger partial charge >= 0.3 is 5.97 Å². The van der Waals surface area contributed by atoms with Crippen LogP contribution < -0.4 is 5.43 Å². The standard InChI is InChI=1S/C22H22N4O3/c1-4-29-22(28)17-8-7-9-19(13-17)26-15(2)12-18(16(26)3)14-24-25-21(27)20-10-5-6-11-23-20/h5-14H,4H2,1-3H3,(H,25,27)/b24-14-. The second kappa shape index (κ2) is 8.97. The molecule has 0 spiro atoms. The molecule has 2 aromatic heterocycles. The van der Waals surface area contributed by atoms with Gasteiger partial charge in [0.2, 0.25) is 0 Å². The minimum atomic E-state index is -0.377. The first kappa shape index (κ1) is 20.0. The molecule has 1 N–H and O–H groups in total. The fraction of sp³-hybridized carbons (Fsp3) is 0.182. The molecule has 1 amide bonds. The van der Waals surface area contributed by atoms with E-state index in [1.807, 2.05) is 36.6 Å². The molecular formula is C22H22N4O3. The van der Waals surface area contributed by atoms with Gasteiger partial charge in [0.05, 0.1) is 18.4 Å². The summed E-state index contributed by atoms with van der Waals surface area (Å²) < 4.78 is 7.10. The van der Waals surface area contributed by atoms with E-state index in [0.29, 0.717) is 17.9 Å². The van der Waals surface area contributed by atoms with E-state index < -0.39 is 0 Å². The number of aromatic nitrogens is 2. The van der Waals surface area contributed by atoms with Crippen LogP contribution in [-0.2, 0) is 4.74 Å². The molecule has 0 atom stereocenters. The van der Waals surface area contributed by atoms with Gasteiger partial charge in [-0.2, -0.15) is 5.10 Å². The van der Waals surface area contributed by atoms with Crippen molar-refractivity contribution in [3.8, 4) is 5.69 Å². The summed E-state index contributed by atoms with van der Waals surface area (Å²) in [5.74, 6) is -0.728. The van der Waals surface area contributed by atoms with Gasteiger partial charge < -0.3 is 9.30 Å². The van der Waals surface area contributed by atoms with Gasteiger partial charge in [-0.3, -0.25) is 9.78 Å². The highest BCUT2D eigenvalue weighted by molar-refractivity contribution is 5.93. The minimum absolute atomic E-state index is 0.297. The Morgan fingerprint density at radius 2 is 2.00 bits per heavy atom. The summed E-state index contributed by atoms with van der Waals surface area (Å²) >= 11 is 0. The number of carbonyl (C=O) groups excluding carboxylic acids is 2. The predicted octanol–water partition coefficient (Wildman–Crippen LogP) is 3.43. The zero-order valence-corrected chi connectivity index (χ0v) is 16.5. The monoisotopic (exact) mass is 390 g/mol. The Morgan fingerprint density at radius 3 is 2.72 bits per heavy atom. The Kier molecular flexibility index (Phi) is 6.19. The van der Waals surface area contributed by atoms with E-state index in [9.17, 15) is 9.59 Å². The molecule has 0 saturated carbocycles. The topological polar surface area (TPSA) is 85.6 Å². The lowest BCUT2D eigenvalue weighted by molar-refractivity contribution is 0.0526. The third kappa shape index (κ3) is 4.57. The Morgan fingerprint density at radius 1 is 1.17 bits per heavy atom. The largest absolute Gasteiger partial charge is 0.462 e. The van der Waals surface area contributed by atoms with Crippen molar-refractivity contribution in [2.45, 2.75) is 20.8 Å². The molecule has 0 aliphatic rings. The summed E-state index contributed by atoms with van der Waals surface area (Å²) in [6.07, 6.45) is 3.14. The van der Waals surface area contributed by atoms with Crippen molar-refractivity contribution in [3.63, 3.8) is 0 Å². The third-order valence-corrected chi connectivity index (χ3v) is 4.35. The van der Waals surface area contributed by atoms with Crippen molar-refractivity contribution < 1.29 is 14.3 Å². The molecule has 0 bridgehead atoms. The molecule has 7 heteroatoms. The number of esters is 1. The molecule has 0 unspecified atom stereocenters. The van der Waals surface area contributed by atoms with Crippen LogP contribution in [0, 0.1) is 13.8 Å². The van der Waals surface area contributed by atoms with Crippen LogP contribution in [0.3, 0.4) is 0 Å². The molecule has 3 aromatic rings. The minimum Gasteiger partial charge on any atom is -0.462 e. The maximum absolute atomic E-state index is 12.0. The number of hydrogen-bond donors (Lipinski definition) is 1. The Bertz CT molecular complexity index is 1060. The highest BCUT2D eigenvalue weighted by Crippen LogP contribution is 2.21. The van der Waals surface area contributed by atoms with E-state index >= 15 is 0 Å². The van der Waals surface area contributed by atoms with Crippen molar-refractivity contribution in [1.29, 1.82) is 0 Å². The maximum atomic E-state index is 12.0. The van der Waals surface area contributed by atoms with Crippen LogP contribution in [0.5, 0.6) is 0 Å². The highest BCUT2D eigenvalue weighted by atomic mass is 16.5. The molecule has 0 radical (unpaired) electrons. The zero-order valence-electron chi connectivity index (χ0n) is 16.5. The third-order valence-electron chi connectivity index (χ3n) is 4.35. The number of hydrazone groups is 1. The molecule has 0 aliphatic heterocycles. The van der Waals surface area contributed by atoms with Crippen LogP contribution in [-0.4, -0.2) is 34.2 Å². The van der Waals surface area contributed by atoms with Gasteiger partial charge in [0.25, 0.3) is 5.91 Å². The molecule has 29 heavy (non-hydrogen) atoms. The first-order chi connectivity index (χ1) is 14.0. The summed E-state index contributed by atoms with van der Waals surface area (Å²) in [6.45, 7) is 6.02. The summed E-state index contributed by atoms with van der Waals surface area (Å²) in [7, 11) is 0. The highest BCUT2D eigenvalue weighted by Gasteiger charge is 2.13. The number of nitrogens with zero attached hydrogens (tertiary/aromatic N) is 3. The second-order valence-corrected chi connectivity index (χ2v) is 6.35. The van der Waals surface area contributed by atoms with Gasteiger partial charge in [-0.05, 0) is 57.2 Å². The lowest BCUT2D eigenvalue weighted by atomic mass is 10.2. The lowest BCUT2D eigenvalue weighted by Crippen LogP contribution is -2.18. The molecule has 1 aromatic carbocycles. The molecule has 2 heterocycles. The van der Waals surface area contributed by atoms with Crippen molar-refractivity contribution in [2.75, 3.05) is 6.61 Å². The average Bonchev–Trinajstić information content (AvgIpc) is 3.02. The molecule has 0 saturated heterocycles. The number of pyridine rings is 1. The van der Waals surface area contributed by atoms with Gasteiger partial charge in [0.15, 0.2) is 0 Å². The number of benzene rings is 1. The first-order valence-corrected chi connectivity index (χ1v) is 9.22. The molecular weight excluding hydrogens is 368 g/mol. The smallest absolute Gasteiger partial charge is 0.338 e. The maximum Gasteiger partial charge on any atom is 0.338 e. The normalized spacial score (nSPS) is 10.9. The summed E-state index contributed by atoms with van der Waals surface area (Å²) in [6, 6.07) is 14.3. The van der Waals surface area contributed by atoms with E-state index in [2.05, 4.69) is 15.5 Å². The molecule has 3 rings (SSSR count). The predicted molar refractivity (Wildman–Crippen MR) is 110 cm³/mol. The Labute approximate surface area is 169 Å². The number of nitrogens with one attached hydrogen (secondary N) is 1. The van der Waals surface area contributed by atoms with Crippen LogP contribution in [0.2, 0.25) is 0 Å². The number of rotatable bonds is 6. The number of hydrogen-bond acceptors (Lipinski definition) is 5. The summed E-state index contributed by atoms with van der Waals surface area (Å²) in [5.41, 5.74) is 6.88. The number of aryl methyl sites for hydroxylation is 1. The number of carbonyl (C=O) groups is 2. The molecule has 0 aliphatic carbocycles.